The van der Waals surface area contributed by atoms with Gasteiger partial charge in [0.05, 0.1) is 17.7 Å². The van der Waals surface area contributed by atoms with E-state index in [0.717, 1.165) is 37.3 Å². The van der Waals surface area contributed by atoms with Gasteiger partial charge in [0.1, 0.15) is 5.82 Å². The zero-order valence-corrected chi connectivity index (χ0v) is 14.8. The minimum atomic E-state index is -0.448. The molecule has 2 fully saturated rings. The van der Waals surface area contributed by atoms with E-state index in [-0.39, 0.29) is 11.9 Å². The summed E-state index contributed by atoms with van der Waals surface area (Å²) in [5, 5.41) is 14.4. The number of hydrogen-bond acceptors (Lipinski definition) is 4. The Morgan fingerprint density at radius 2 is 1.96 bits per heavy atom. The van der Waals surface area contributed by atoms with Gasteiger partial charge in [-0.25, -0.2) is 4.98 Å². The van der Waals surface area contributed by atoms with Crippen molar-refractivity contribution in [1.29, 1.82) is 0 Å². The molecule has 0 unspecified atom stereocenters. The molecule has 1 aliphatic heterocycles. The summed E-state index contributed by atoms with van der Waals surface area (Å²) in [6, 6.07) is 10.3. The van der Waals surface area contributed by atoms with Crippen molar-refractivity contribution < 1.29 is 9.90 Å². The van der Waals surface area contributed by atoms with Crippen molar-refractivity contribution in [1.82, 2.24) is 10.3 Å². The summed E-state index contributed by atoms with van der Waals surface area (Å²) in [5.41, 5.74) is 2.21. The van der Waals surface area contributed by atoms with Crippen LogP contribution in [0.25, 0.3) is 10.9 Å². The van der Waals surface area contributed by atoms with E-state index in [1.54, 1.807) is 0 Å². The lowest BCUT2D eigenvalue weighted by Crippen LogP contribution is -2.48. The van der Waals surface area contributed by atoms with Gasteiger partial charge in [-0.1, -0.05) is 18.2 Å². The van der Waals surface area contributed by atoms with Crippen molar-refractivity contribution in [3.63, 3.8) is 0 Å². The first-order valence-corrected chi connectivity index (χ1v) is 9.08. The van der Waals surface area contributed by atoms with Crippen LogP contribution < -0.4 is 10.2 Å². The SMILES string of the molecule is CC(=O)N[C@@H]1C[C@@H]2CN(c3nc4ccccc4cc3C)C[C@@H]2C[C@H]1O. The Hall–Kier alpha value is -2.14. The largest absolute Gasteiger partial charge is 0.391 e. The van der Waals surface area contributed by atoms with E-state index in [0.29, 0.717) is 11.8 Å². The molecular formula is C20H25N3O2. The number of amides is 1. The second kappa shape index (κ2) is 6.30. The molecule has 132 valence electrons. The Morgan fingerprint density at radius 3 is 2.72 bits per heavy atom. The minimum absolute atomic E-state index is 0.0654. The first-order valence-electron chi connectivity index (χ1n) is 9.08. The molecule has 2 aliphatic rings. The number of carbonyl (C=O) groups is 1. The number of nitrogens with one attached hydrogen (secondary N) is 1. The maximum atomic E-state index is 11.4. The van der Waals surface area contributed by atoms with Gasteiger partial charge in [-0.15, -0.1) is 0 Å². The van der Waals surface area contributed by atoms with Crippen LogP contribution in [0.2, 0.25) is 0 Å². The van der Waals surface area contributed by atoms with E-state index in [1.165, 1.54) is 17.9 Å². The van der Waals surface area contributed by atoms with Gasteiger partial charge in [0.25, 0.3) is 0 Å². The third-order valence-corrected chi connectivity index (χ3v) is 5.72. The first-order chi connectivity index (χ1) is 12.0. The van der Waals surface area contributed by atoms with Crippen molar-refractivity contribution in [2.45, 2.75) is 38.8 Å². The number of hydrogen-bond donors (Lipinski definition) is 2. The predicted molar refractivity (Wildman–Crippen MR) is 98.5 cm³/mol. The molecule has 1 saturated carbocycles. The lowest BCUT2D eigenvalue weighted by atomic mass is 9.77. The van der Waals surface area contributed by atoms with Gasteiger partial charge in [0, 0.05) is 25.4 Å². The molecule has 1 aromatic heterocycles. The van der Waals surface area contributed by atoms with Gasteiger partial charge < -0.3 is 15.3 Å². The fourth-order valence-corrected chi connectivity index (χ4v) is 4.55. The molecule has 2 N–H and O–H groups in total. The number of anilines is 1. The summed E-state index contributed by atoms with van der Waals surface area (Å²) in [5.74, 6) is 1.95. The Morgan fingerprint density at radius 1 is 1.24 bits per heavy atom. The van der Waals surface area contributed by atoms with E-state index >= 15 is 0 Å². The van der Waals surface area contributed by atoms with Crippen LogP contribution in [0, 0.1) is 18.8 Å². The van der Waals surface area contributed by atoms with E-state index in [9.17, 15) is 9.90 Å². The molecule has 1 aliphatic carbocycles. The zero-order valence-electron chi connectivity index (χ0n) is 14.8. The molecule has 0 bridgehead atoms. The third-order valence-electron chi connectivity index (χ3n) is 5.72. The van der Waals surface area contributed by atoms with Gasteiger partial charge in [0.15, 0.2) is 0 Å². The summed E-state index contributed by atoms with van der Waals surface area (Å²) in [4.78, 5) is 18.6. The van der Waals surface area contributed by atoms with E-state index < -0.39 is 6.10 Å². The number of aliphatic hydroxyl groups excluding tert-OH is 1. The molecule has 4 atom stereocenters. The van der Waals surface area contributed by atoms with Crippen LogP contribution in [0.3, 0.4) is 0 Å². The van der Waals surface area contributed by atoms with Gasteiger partial charge in [-0.3, -0.25) is 4.79 Å². The van der Waals surface area contributed by atoms with Gasteiger partial charge in [0.2, 0.25) is 5.91 Å². The lowest BCUT2D eigenvalue weighted by molar-refractivity contribution is -0.121. The maximum absolute atomic E-state index is 11.4. The molecule has 5 nitrogen and oxygen atoms in total. The fraction of sp³-hybridized carbons (Fsp3) is 0.500. The number of para-hydroxylation sites is 1. The number of pyridine rings is 1. The Kier molecular flexibility index (Phi) is 4.12. The highest BCUT2D eigenvalue weighted by Gasteiger charge is 2.42. The van der Waals surface area contributed by atoms with Crippen LogP contribution in [0.5, 0.6) is 0 Å². The van der Waals surface area contributed by atoms with Crippen molar-refractivity contribution in [2.75, 3.05) is 18.0 Å². The summed E-state index contributed by atoms with van der Waals surface area (Å²) < 4.78 is 0. The van der Waals surface area contributed by atoms with Crippen LogP contribution in [0.4, 0.5) is 5.82 Å². The predicted octanol–water partition coefficient (Wildman–Crippen LogP) is 2.26. The van der Waals surface area contributed by atoms with Gasteiger partial charge in [-0.05, 0) is 49.3 Å². The van der Waals surface area contributed by atoms with Crippen LogP contribution in [-0.2, 0) is 4.79 Å². The Bertz CT molecular complexity index is 807. The van der Waals surface area contributed by atoms with Crippen molar-refractivity contribution >= 4 is 22.6 Å². The molecule has 1 saturated heterocycles. The number of fused-ring (bicyclic) bond motifs is 2. The number of aromatic nitrogens is 1. The molecule has 1 amide bonds. The van der Waals surface area contributed by atoms with Crippen molar-refractivity contribution in [2.24, 2.45) is 11.8 Å². The Balaban J connectivity index is 1.56. The third kappa shape index (κ3) is 3.09. The van der Waals surface area contributed by atoms with E-state index in [2.05, 4.69) is 35.3 Å². The molecular weight excluding hydrogens is 314 g/mol. The van der Waals surface area contributed by atoms with Crippen LogP contribution in [0.15, 0.2) is 30.3 Å². The highest BCUT2D eigenvalue weighted by Crippen LogP contribution is 2.39. The number of aryl methyl sites for hydroxylation is 1. The summed E-state index contributed by atoms with van der Waals surface area (Å²) in [7, 11) is 0. The molecule has 5 heteroatoms. The molecule has 0 radical (unpaired) electrons. The number of rotatable bonds is 2. The minimum Gasteiger partial charge on any atom is -0.391 e. The highest BCUT2D eigenvalue weighted by molar-refractivity contribution is 5.81. The zero-order chi connectivity index (χ0) is 17.6. The molecule has 4 rings (SSSR count). The van der Waals surface area contributed by atoms with Crippen LogP contribution in [0.1, 0.15) is 25.3 Å². The van der Waals surface area contributed by atoms with Gasteiger partial charge in [-0.2, -0.15) is 0 Å². The van der Waals surface area contributed by atoms with Gasteiger partial charge >= 0.3 is 0 Å². The molecule has 2 heterocycles. The summed E-state index contributed by atoms with van der Waals surface area (Å²) >= 11 is 0. The monoisotopic (exact) mass is 339 g/mol. The molecule has 1 aromatic carbocycles. The first kappa shape index (κ1) is 16.3. The van der Waals surface area contributed by atoms with Crippen LogP contribution >= 0.6 is 0 Å². The smallest absolute Gasteiger partial charge is 0.217 e. The average Bonchev–Trinajstić information content (AvgIpc) is 2.96. The molecule has 25 heavy (non-hydrogen) atoms. The second-order valence-electron chi connectivity index (χ2n) is 7.59. The number of aliphatic hydroxyl groups is 1. The number of benzene rings is 1. The van der Waals surface area contributed by atoms with Crippen molar-refractivity contribution in [3.8, 4) is 0 Å². The Labute approximate surface area is 148 Å². The average molecular weight is 339 g/mol. The topological polar surface area (TPSA) is 65.5 Å². The maximum Gasteiger partial charge on any atom is 0.217 e. The molecule has 0 spiro atoms. The van der Waals surface area contributed by atoms with E-state index in [4.69, 9.17) is 4.98 Å². The molecule has 2 aromatic rings. The second-order valence-corrected chi connectivity index (χ2v) is 7.59. The lowest BCUT2D eigenvalue weighted by Gasteiger charge is -2.35. The summed E-state index contributed by atoms with van der Waals surface area (Å²) in [6.45, 7) is 5.51. The van der Waals surface area contributed by atoms with E-state index in [1.807, 2.05) is 12.1 Å². The quantitative estimate of drug-likeness (QED) is 0.881. The summed E-state index contributed by atoms with van der Waals surface area (Å²) in [6.07, 6.45) is 1.14. The highest BCUT2D eigenvalue weighted by atomic mass is 16.3. The number of nitrogens with zero attached hydrogens (tertiary/aromatic N) is 2. The van der Waals surface area contributed by atoms with Crippen LogP contribution in [-0.4, -0.2) is 41.2 Å². The van der Waals surface area contributed by atoms with Crippen molar-refractivity contribution in [3.05, 3.63) is 35.9 Å². The standard InChI is InChI=1S/C20H25N3O2/c1-12-7-14-5-3-4-6-17(14)22-20(12)23-10-15-8-18(21-13(2)24)19(25)9-16(15)11-23/h3-7,15-16,18-19,25H,8-11H2,1-2H3,(H,21,24)/t15-,16+,18-,19-/m1/s1. The normalized spacial score (nSPS) is 28.8. The number of carbonyl (C=O) groups excluding carboxylic acids is 1. The fourth-order valence-electron chi connectivity index (χ4n) is 4.55.